The number of pyridine rings is 1. The Morgan fingerprint density at radius 1 is 1.04 bits per heavy atom. The predicted octanol–water partition coefficient (Wildman–Crippen LogP) is 3.49. The van der Waals surface area contributed by atoms with E-state index in [9.17, 15) is 8.42 Å². The number of anilines is 1. The molecule has 1 aliphatic rings. The average molecular weight is 382 g/mol. The minimum Gasteiger partial charge on any atom is -0.371 e. The van der Waals surface area contributed by atoms with Gasteiger partial charge in [0.2, 0.25) is 10.0 Å². The summed E-state index contributed by atoms with van der Waals surface area (Å²) in [7, 11) is -3.46. The number of sulfonamides is 1. The third-order valence-electron chi connectivity index (χ3n) is 5.09. The van der Waals surface area contributed by atoms with Crippen LogP contribution in [0.2, 0.25) is 0 Å². The first-order valence-corrected chi connectivity index (χ1v) is 10.7. The van der Waals surface area contributed by atoms with Gasteiger partial charge in [-0.15, -0.1) is 0 Å². The van der Waals surface area contributed by atoms with Crippen LogP contribution in [0.4, 0.5) is 5.69 Å². The Labute approximate surface area is 160 Å². The highest BCUT2D eigenvalue weighted by Gasteiger charge is 2.25. The molecule has 4 rings (SSSR count). The van der Waals surface area contributed by atoms with E-state index in [-0.39, 0.29) is 6.04 Å². The predicted molar refractivity (Wildman–Crippen MR) is 108 cm³/mol. The summed E-state index contributed by atoms with van der Waals surface area (Å²) in [5.41, 5.74) is 3.38. The van der Waals surface area contributed by atoms with Crippen molar-refractivity contribution < 1.29 is 8.42 Å². The molecule has 0 unspecified atom stereocenters. The number of hydrogen-bond donors (Lipinski definition) is 1. The Morgan fingerprint density at radius 3 is 2.52 bits per heavy atom. The lowest BCUT2D eigenvalue weighted by Crippen LogP contribution is -2.44. The van der Waals surface area contributed by atoms with E-state index < -0.39 is 10.0 Å². The molecule has 1 N–H and O–H groups in total. The van der Waals surface area contributed by atoms with Gasteiger partial charge in [-0.3, -0.25) is 4.98 Å². The summed E-state index contributed by atoms with van der Waals surface area (Å²) in [5.74, 6) is 0. The molecular formula is C21H23N3O2S. The van der Waals surface area contributed by atoms with E-state index in [1.807, 2.05) is 12.3 Å². The fourth-order valence-electron chi connectivity index (χ4n) is 3.65. The second-order valence-electron chi connectivity index (χ2n) is 7.05. The van der Waals surface area contributed by atoms with Crippen LogP contribution in [0.1, 0.15) is 18.4 Å². The fraction of sp³-hybridized carbons (Fsp3) is 0.286. The summed E-state index contributed by atoms with van der Waals surface area (Å²) in [5, 5.41) is 1.15. The Morgan fingerprint density at radius 2 is 1.78 bits per heavy atom. The van der Waals surface area contributed by atoms with Crippen LogP contribution in [0.5, 0.6) is 0 Å². The average Bonchev–Trinajstić information content (AvgIpc) is 2.68. The topological polar surface area (TPSA) is 62.3 Å². The second-order valence-corrected chi connectivity index (χ2v) is 8.76. The lowest BCUT2D eigenvalue weighted by Gasteiger charge is -2.34. The number of nitrogens with one attached hydrogen (secondary N) is 1. The summed E-state index contributed by atoms with van der Waals surface area (Å²) in [6, 6.07) is 16.9. The van der Waals surface area contributed by atoms with Crippen LogP contribution in [0, 0.1) is 6.92 Å². The van der Waals surface area contributed by atoms with Crippen molar-refractivity contribution in [3.63, 3.8) is 0 Å². The molecule has 27 heavy (non-hydrogen) atoms. The fourth-order valence-corrected chi connectivity index (χ4v) is 4.97. The molecule has 2 heterocycles. The van der Waals surface area contributed by atoms with Gasteiger partial charge in [0.05, 0.1) is 10.4 Å². The van der Waals surface area contributed by atoms with Gasteiger partial charge < -0.3 is 4.90 Å². The van der Waals surface area contributed by atoms with Gasteiger partial charge in [-0.05, 0) is 50.1 Å². The number of rotatable bonds is 4. The molecule has 0 saturated carbocycles. The molecule has 140 valence electrons. The van der Waals surface area contributed by atoms with Crippen molar-refractivity contribution >= 4 is 26.6 Å². The van der Waals surface area contributed by atoms with Crippen molar-refractivity contribution in [3.8, 4) is 0 Å². The third kappa shape index (κ3) is 3.82. The van der Waals surface area contributed by atoms with Crippen molar-refractivity contribution in [1.82, 2.24) is 9.71 Å². The van der Waals surface area contributed by atoms with Crippen molar-refractivity contribution in [2.75, 3.05) is 18.0 Å². The number of nitrogens with zero attached hydrogens (tertiary/aromatic N) is 2. The van der Waals surface area contributed by atoms with Gasteiger partial charge in [-0.1, -0.05) is 29.8 Å². The Hall–Kier alpha value is -2.44. The number of hydrogen-bond acceptors (Lipinski definition) is 4. The first kappa shape index (κ1) is 17.9. The smallest absolute Gasteiger partial charge is 0.240 e. The highest BCUT2D eigenvalue weighted by molar-refractivity contribution is 7.89. The third-order valence-corrected chi connectivity index (χ3v) is 6.62. The number of aryl methyl sites for hydroxylation is 1. The van der Waals surface area contributed by atoms with Gasteiger partial charge in [0.1, 0.15) is 0 Å². The lowest BCUT2D eigenvalue weighted by molar-refractivity contribution is 0.460. The zero-order chi connectivity index (χ0) is 18.9. The first-order chi connectivity index (χ1) is 13.0. The summed E-state index contributed by atoms with van der Waals surface area (Å²) < 4.78 is 27.9. The molecule has 1 aromatic heterocycles. The largest absolute Gasteiger partial charge is 0.371 e. The molecule has 1 aliphatic heterocycles. The van der Waals surface area contributed by atoms with Crippen LogP contribution in [-0.4, -0.2) is 32.5 Å². The highest BCUT2D eigenvalue weighted by atomic mass is 32.2. The van der Waals surface area contributed by atoms with Crippen molar-refractivity contribution in [2.24, 2.45) is 0 Å². The monoisotopic (exact) mass is 381 g/mol. The van der Waals surface area contributed by atoms with Gasteiger partial charge in [0, 0.05) is 36.4 Å². The van der Waals surface area contributed by atoms with Crippen LogP contribution < -0.4 is 9.62 Å². The maximum atomic E-state index is 12.5. The Kier molecular flexibility index (Phi) is 4.85. The summed E-state index contributed by atoms with van der Waals surface area (Å²) >= 11 is 0. The first-order valence-electron chi connectivity index (χ1n) is 9.21. The maximum absolute atomic E-state index is 12.5. The van der Waals surface area contributed by atoms with Crippen LogP contribution in [0.3, 0.4) is 0 Å². The lowest BCUT2D eigenvalue weighted by atomic mass is 10.0. The summed E-state index contributed by atoms with van der Waals surface area (Å²) in [6.45, 7) is 3.71. The van der Waals surface area contributed by atoms with Gasteiger partial charge in [0.15, 0.2) is 0 Å². The van der Waals surface area contributed by atoms with Crippen molar-refractivity contribution in [2.45, 2.75) is 30.7 Å². The van der Waals surface area contributed by atoms with Crippen LogP contribution >= 0.6 is 0 Å². The van der Waals surface area contributed by atoms with Gasteiger partial charge in [0.25, 0.3) is 0 Å². The van der Waals surface area contributed by atoms with E-state index in [1.54, 1.807) is 24.3 Å². The molecule has 0 aliphatic carbocycles. The van der Waals surface area contributed by atoms with Crippen LogP contribution in [0.25, 0.3) is 10.9 Å². The molecule has 0 bridgehead atoms. The van der Waals surface area contributed by atoms with Gasteiger partial charge in [-0.25, -0.2) is 13.1 Å². The van der Waals surface area contributed by atoms with Crippen molar-refractivity contribution in [1.29, 1.82) is 0 Å². The van der Waals surface area contributed by atoms with Crippen molar-refractivity contribution in [3.05, 3.63) is 66.4 Å². The second kappa shape index (κ2) is 7.29. The number of fused-ring (bicyclic) bond motifs is 1. The summed E-state index contributed by atoms with van der Waals surface area (Å²) in [4.78, 5) is 7.11. The molecule has 0 atom stereocenters. The van der Waals surface area contributed by atoms with E-state index >= 15 is 0 Å². The number of aromatic nitrogens is 1. The van der Waals surface area contributed by atoms with E-state index in [4.69, 9.17) is 0 Å². The number of benzene rings is 2. The maximum Gasteiger partial charge on any atom is 0.240 e. The Balaban J connectivity index is 1.48. The quantitative estimate of drug-likeness (QED) is 0.751. The zero-order valence-corrected chi connectivity index (χ0v) is 16.1. The van der Waals surface area contributed by atoms with E-state index in [1.165, 1.54) is 11.3 Å². The van der Waals surface area contributed by atoms with E-state index in [0.29, 0.717) is 4.90 Å². The summed E-state index contributed by atoms with van der Waals surface area (Å²) in [6.07, 6.45) is 3.40. The Bertz CT molecular complexity index is 1040. The molecule has 0 radical (unpaired) electrons. The van der Waals surface area contributed by atoms with Crippen LogP contribution in [0.15, 0.2) is 65.7 Å². The minimum absolute atomic E-state index is 0.0405. The number of piperidine rings is 1. The highest BCUT2D eigenvalue weighted by Crippen LogP contribution is 2.28. The molecule has 6 heteroatoms. The zero-order valence-electron chi connectivity index (χ0n) is 15.3. The molecule has 5 nitrogen and oxygen atoms in total. The van der Waals surface area contributed by atoms with Gasteiger partial charge >= 0.3 is 0 Å². The molecule has 0 spiro atoms. The standard InChI is InChI=1S/C21H23N3O2S/c1-16-7-8-20-19(15-16)21(9-12-22-20)24-13-10-17(11-14-24)23-27(25,26)18-5-3-2-4-6-18/h2-9,12,15,17,23H,10-11,13-14H2,1H3. The van der Waals surface area contributed by atoms with E-state index in [2.05, 4.69) is 45.8 Å². The van der Waals surface area contributed by atoms with Gasteiger partial charge in [-0.2, -0.15) is 0 Å². The SMILES string of the molecule is Cc1ccc2nccc(N3CCC(NS(=O)(=O)c4ccccc4)CC3)c2c1. The normalized spacial score (nSPS) is 16.0. The molecule has 0 amide bonds. The van der Waals surface area contributed by atoms with E-state index in [0.717, 1.165) is 36.8 Å². The molecular weight excluding hydrogens is 358 g/mol. The molecule has 1 fully saturated rings. The molecule has 1 saturated heterocycles. The minimum atomic E-state index is -3.46. The molecule has 3 aromatic rings. The molecule has 2 aromatic carbocycles. The van der Waals surface area contributed by atoms with Crippen LogP contribution in [-0.2, 0) is 10.0 Å².